The molecule has 0 amide bonds. The number of rotatable bonds is 4. The molecule has 5 rings (SSSR count). The lowest BCUT2D eigenvalue weighted by molar-refractivity contribution is 0.161. The molecule has 0 unspecified atom stereocenters. The van der Waals surface area contributed by atoms with Gasteiger partial charge in [-0.1, -0.05) is 24.3 Å². The fourth-order valence-corrected chi connectivity index (χ4v) is 4.61. The van der Waals surface area contributed by atoms with E-state index in [1.807, 2.05) is 37.3 Å². The van der Waals surface area contributed by atoms with E-state index in [4.69, 9.17) is 20.9 Å². The second kappa shape index (κ2) is 7.71. The quantitative estimate of drug-likeness (QED) is 0.345. The molecule has 0 spiro atoms. The summed E-state index contributed by atoms with van der Waals surface area (Å²) in [5, 5.41) is 13.3. The molecule has 2 heterocycles. The largest absolute Gasteiger partial charge is 0.490 e. The van der Waals surface area contributed by atoms with Crippen LogP contribution in [0.25, 0.3) is 27.5 Å². The molecule has 0 saturated carbocycles. The van der Waals surface area contributed by atoms with Gasteiger partial charge >= 0.3 is 0 Å². The fourth-order valence-electron chi connectivity index (χ4n) is 4.61. The Kier molecular flexibility index (Phi) is 4.87. The summed E-state index contributed by atoms with van der Waals surface area (Å²) >= 11 is 0. The van der Waals surface area contributed by atoms with E-state index in [1.54, 1.807) is 0 Å². The van der Waals surface area contributed by atoms with E-state index in [0.29, 0.717) is 0 Å². The average Bonchev–Trinajstić information content (AvgIpc) is 3.12. The number of imidazole rings is 1. The minimum atomic E-state index is 0.0745. The first kappa shape index (κ1) is 19.6. The number of amidine groups is 1. The van der Waals surface area contributed by atoms with Crippen LogP contribution in [0, 0.1) is 19.3 Å². The molecule has 1 aliphatic rings. The lowest BCUT2D eigenvalue weighted by Gasteiger charge is -2.24. The summed E-state index contributed by atoms with van der Waals surface area (Å²) in [7, 11) is 0. The van der Waals surface area contributed by atoms with Crippen molar-refractivity contribution in [3.63, 3.8) is 0 Å². The monoisotopic (exact) mass is 413 g/mol. The molecular weight excluding hydrogens is 386 g/mol. The van der Waals surface area contributed by atoms with Gasteiger partial charge in [-0.2, -0.15) is 0 Å². The summed E-state index contributed by atoms with van der Waals surface area (Å²) in [6, 6.07) is 16.2. The average molecular weight is 414 g/mol. The molecule has 0 radical (unpaired) electrons. The van der Waals surface area contributed by atoms with Gasteiger partial charge in [0.1, 0.15) is 23.5 Å². The maximum Gasteiger partial charge on any atom is 0.124 e. The lowest BCUT2D eigenvalue weighted by atomic mass is 10.0. The zero-order valence-electron chi connectivity index (χ0n) is 17.9. The highest BCUT2D eigenvalue weighted by Crippen LogP contribution is 2.33. The maximum atomic E-state index is 7.93. The second-order valence-electron chi connectivity index (χ2n) is 8.21. The van der Waals surface area contributed by atoms with Crippen LogP contribution in [-0.2, 0) is 0 Å². The normalized spacial score (nSPS) is 14.9. The first-order valence-electron chi connectivity index (χ1n) is 10.8. The summed E-state index contributed by atoms with van der Waals surface area (Å²) < 4.78 is 8.52. The van der Waals surface area contributed by atoms with Crippen LogP contribution in [0.3, 0.4) is 0 Å². The van der Waals surface area contributed by atoms with Crippen LogP contribution in [0.5, 0.6) is 5.75 Å². The van der Waals surface area contributed by atoms with Gasteiger partial charge in [0, 0.05) is 16.5 Å². The Hall–Kier alpha value is -3.38. The van der Waals surface area contributed by atoms with Gasteiger partial charge in [0.15, 0.2) is 0 Å². The van der Waals surface area contributed by atoms with E-state index >= 15 is 0 Å². The molecule has 0 aliphatic carbocycles. The summed E-state index contributed by atoms with van der Waals surface area (Å²) in [6.07, 6.45) is 2.31. The molecule has 1 saturated heterocycles. The van der Waals surface area contributed by atoms with Gasteiger partial charge in [-0.15, -0.1) is 0 Å². The number of benzene rings is 3. The fraction of sp³-hybridized carbons (Fsp3) is 0.280. The van der Waals surface area contributed by atoms with Crippen LogP contribution in [0.1, 0.15) is 29.8 Å². The lowest BCUT2D eigenvalue weighted by Crippen LogP contribution is -2.34. The Balaban J connectivity index is 1.65. The van der Waals surface area contributed by atoms with Crippen molar-refractivity contribution in [1.82, 2.24) is 14.9 Å². The third kappa shape index (κ3) is 3.33. The number of nitrogens with two attached hydrogens (primary N) is 1. The molecule has 1 aliphatic heterocycles. The predicted octanol–water partition coefficient (Wildman–Crippen LogP) is 4.21. The third-order valence-corrected chi connectivity index (χ3v) is 6.21. The van der Waals surface area contributed by atoms with Crippen molar-refractivity contribution in [3.8, 4) is 11.4 Å². The van der Waals surface area contributed by atoms with Gasteiger partial charge in [0.2, 0.25) is 0 Å². The van der Waals surface area contributed by atoms with Crippen molar-refractivity contribution in [3.05, 3.63) is 65.5 Å². The number of hydrogen-bond donors (Lipinski definition) is 3. The van der Waals surface area contributed by atoms with E-state index in [0.717, 1.165) is 76.1 Å². The van der Waals surface area contributed by atoms with E-state index in [-0.39, 0.29) is 11.9 Å². The summed E-state index contributed by atoms with van der Waals surface area (Å²) in [5.74, 6) is 1.91. The van der Waals surface area contributed by atoms with Crippen molar-refractivity contribution in [2.24, 2.45) is 5.73 Å². The smallest absolute Gasteiger partial charge is 0.124 e. The van der Waals surface area contributed by atoms with Gasteiger partial charge in [-0.3, -0.25) is 9.98 Å². The number of piperidine rings is 1. The number of nitrogen functional groups attached to an aromatic ring is 1. The summed E-state index contributed by atoms with van der Waals surface area (Å²) in [6.45, 7) is 6.12. The van der Waals surface area contributed by atoms with Gasteiger partial charge in [-0.25, -0.2) is 4.98 Å². The van der Waals surface area contributed by atoms with Crippen molar-refractivity contribution in [2.45, 2.75) is 32.8 Å². The van der Waals surface area contributed by atoms with Crippen LogP contribution >= 0.6 is 0 Å². The summed E-state index contributed by atoms with van der Waals surface area (Å²) in [4.78, 5) is 4.91. The second-order valence-corrected chi connectivity index (χ2v) is 8.21. The number of fused-ring (bicyclic) bond motifs is 2. The molecule has 31 heavy (non-hydrogen) atoms. The molecule has 4 N–H and O–H groups in total. The van der Waals surface area contributed by atoms with Crippen molar-refractivity contribution in [2.75, 3.05) is 13.1 Å². The predicted molar refractivity (Wildman–Crippen MR) is 126 cm³/mol. The number of ether oxygens (including phenoxy) is 1. The molecule has 6 heteroatoms. The molecule has 3 aromatic carbocycles. The van der Waals surface area contributed by atoms with Crippen molar-refractivity contribution >= 4 is 27.6 Å². The van der Waals surface area contributed by atoms with Gasteiger partial charge < -0.3 is 15.8 Å². The van der Waals surface area contributed by atoms with Crippen molar-refractivity contribution < 1.29 is 4.74 Å². The standard InChI is InChI=1S/C25H27N5O/c1-15-23(31-17-11-13-28-14-12-17)10-9-22-24(15)29-16(2)30(22)21-8-7-20(25(26)27)18-5-3-4-6-19(18)21/h3-10,17,28H,11-14H2,1-2H3,(H3,26,27). The molecular formula is C25H27N5O. The molecule has 6 nitrogen and oxygen atoms in total. The Bertz CT molecular complexity index is 1300. The van der Waals surface area contributed by atoms with Crippen LogP contribution in [0.15, 0.2) is 48.5 Å². The first-order chi connectivity index (χ1) is 15.0. The van der Waals surface area contributed by atoms with Crippen LogP contribution in [0.4, 0.5) is 0 Å². The van der Waals surface area contributed by atoms with Gasteiger partial charge in [-0.05, 0) is 69.4 Å². The Morgan fingerprint density at radius 1 is 1.06 bits per heavy atom. The number of nitrogens with zero attached hydrogens (tertiary/aromatic N) is 2. The number of aromatic nitrogens is 2. The number of nitrogens with one attached hydrogen (secondary N) is 2. The minimum Gasteiger partial charge on any atom is -0.490 e. The van der Waals surface area contributed by atoms with Crippen LogP contribution in [0.2, 0.25) is 0 Å². The molecule has 158 valence electrons. The molecule has 1 fully saturated rings. The molecule has 0 bridgehead atoms. The number of hydrogen-bond acceptors (Lipinski definition) is 4. The van der Waals surface area contributed by atoms with E-state index < -0.39 is 0 Å². The highest BCUT2D eigenvalue weighted by atomic mass is 16.5. The Labute approximate surface area is 181 Å². The highest BCUT2D eigenvalue weighted by molar-refractivity contribution is 6.10. The van der Waals surface area contributed by atoms with Crippen LogP contribution in [-0.4, -0.2) is 34.6 Å². The van der Waals surface area contributed by atoms with E-state index in [2.05, 4.69) is 35.0 Å². The maximum absolute atomic E-state index is 7.93. The molecule has 0 atom stereocenters. The van der Waals surface area contributed by atoms with E-state index in [1.165, 1.54) is 0 Å². The minimum absolute atomic E-state index is 0.0745. The van der Waals surface area contributed by atoms with Crippen molar-refractivity contribution in [1.29, 1.82) is 5.41 Å². The highest BCUT2D eigenvalue weighted by Gasteiger charge is 2.20. The topological polar surface area (TPSA) is 89.0 Å². The van der Waals surface area contributed by atoms with Crippen LogP contribution < -0.4 is 15.8 Å². The molecule has 4 aromatic rings. The van der Waals surface area contributed by atoms with E-state index in [9.17, 15) is 0 Å². The Morgan fingerprint density at radius 2 is 1.81 bits per heavy atom. The third-order valence-electron chi connectivity index (χ3n) is 6.21. The number of aryl methyl sites for hydroxylation is 2. The summed E-state index contributed by atoms with van der Waals surface area (Å²) in [5.41, 5.74) is 10.7. The zero-order valence-corrected chi connectivity index (χ0v) is 17.9. The van der Waals surface area contributed by atoms with Gasteiger partial charge in [0.05, 0.1) is 16.7 Å². The Morgan fingerprint density at radius 3 is 2.55 bits per heavy atom. The van der Waals surface area contributed by atoms with Gasteiger partial charge in [0.25, 0.3) is 0 Å². The first-order valence-corrected chi connectivity index (χ1v) is 10.8. The molecule has 1 aromatic heterocycles. The zero-order chi connectivity index (χ0) is 21.5. The SMILES string of the molecule is Cc1c(OC2CCNCC2)ccc2c1nc(C)n2-c1ccc(C(=N)N)c2ccccc12.